The Bertz CT molecular complexity index is 1380. The molecule has 34 heavy (non-hydrogen) atoms. The molecule has 0 bridgehead atoms. The van der Waals surface area contributed by atoms with E-state index in [1.807, 2.05) is 57.3 Å². The van der Waals surface area contributed by atoms with Gasteiger partial charge in [0.2, 0.25) is 5.91 Å². The van der Waals surface area contributed by atoms with Gasteiger partial charge < -0.3 is 4.90 Å². The van der Waals surface area contributed by atoms with Crippen LogP contribution in [0.2, 0.25) is 0 Å². The lowest BCUT2D eigenvalue weighted by molar-refractivity contribution is -0.131. The van der Waals surface area contributed by atoms with Crippen LogP contribution in [0, 0.1) is 5.82 Å². The molecule has 0 aliphatic rings. The molecule has 0 radical (unpaired) electrons. The highest BCUT2D eigenvalue weighted by Gasteiger charge is 2.18. The van der Waals surface area contributed by atoms with Crippen LogP contribution < -0.4 is 0 Å². The molecule has 170 valence electrons. The lowest BCUT2D eigenvalue weighted by Crippen LogP contribution is -2.34. The van der Waals surface area contributed by atoms with Crippen LogP contribution >= 0.6 is 11.3 Å². The number of hydrogen-bond donors (Lipinski definition) is 0. The van der Waals surface area contributed by atoms with Crippen LogP contribution in [0.3, 0.4) is 0 Å². The number of carbonyl (C=O) groups is 1. The predicted octanol–water partition coefficient (Wildman–Crippen LogP) is 6.02. The van der Waals surface area contributed by atoms with E-state index >= 15 is 0 Å². The maximum Gasteiger partial charge on any atom is 0.228 e. The molecule has 5 aromatic rings. The molecule has 2 heterocycles. The summed E-state index contributed by atoms with van der Waals surface area (Å²) in [5, 5.41) is 1.99. The predicted molar refractivity (Wildman–Crippen MR) is 134 cm³/mol. The number of benzene rings is 3. The normalized spacial score (nSPS) is 11.1. The Labute approximate surface area is 201 Å². The van der Waals surface area contributed by atoms with Crippen molar-refractivity contribution in [3.63, 3.8) is 0 Å². The number of rotatable bonds is 8. The van der Waals surface area contributed by atoms with Gasteiger partial charge in [-0.2, -0.15) is 0 Å². The Morgan fingerprint density at radius 2 is 1.59 bits per heavy atom. The van der Waals surface area contributed by atoms with Crippen LogP contribution in [0.5, 0.6) is 0 Å². The quantitative estimate of drug-likeness (QED) is 0.279. The molecule has 1 amide bonds. The lowest BCUT2D eigenvalue weighted by atomic mass is 10.1. The third-order valence-electron chi connectivity index (χ3n) is 5.84. The molecule has 0 saturated heterocycles. The minimum absolute atomic E-state index is 0.0801. The summed E-state index contributed by atoms with van der Waals surface area (Å²) in [4.78, 5) is 20.9. The van der Waals surface area contributed by atoms with E-state index in [2.05, 4.69) is 29.2 Å². The monoisotopic (exact) mass is 469 g/mol. The van der Waals surface area contributed by atoms with Crippen molar-refractivity contribution in [2.75, 3.05) is 6.54 Å². The number of carbonyl (C=O) groups excluding carboxylic acids is 1. The zero-order valence-electron chi connectivity index (χ0n) is 18.6. The Kier molecular flexibility index (Phi) is 6.49. The molecule has 6 heteroatoms. The summed E-state index contributed by atoms with van der Waals surface area (Å²) >= 11 is 1.51. The number of hydrogen-bond acceptors (Lipinski definition) is 3. The number of halogens is 1. The van der Waals surface area contributed by atoms with Crippen LogP contribution in [-0.2, 0) is 24.2 Å². The van der Waals surface area contributed by atoms with Crippen LogP contribution in [0.4, 0.5) is 4.39 Å². The van der Waals surface area contributed by atoms with Gasteiger partial charge >= 0.3 is 0 Å². The summed E-state index contributed by atoms with van der Waals surface area (Å²) in [7, 11) is 0. The van der Waals surface area contributed by atoms with Gasteiger partial charge in [-0.3, -0.25) is 9.20 Å². The van der Waals surface area contributed by atoms with Crippen molar-refractivity contribution in [2.24, 2.45) is 0 Å². The molecule has 0 atom stereocenters. The number of thiazole rings is 1. The summed E-state index contributed by atoms with van der Waals surface area (Å²) in [6, 6.07) is 26.6. The Balaban J connectivity index is 1.35. The topological polar surface area (TPSA) is 37.6 Å². The zero-order valence-corrected chi connectivity index (χ0v) is 19.4. The highest BCUT2D eigenvalue weighted by atomic mass is 32.1. The van der Waals surface area contributed by atoms with Crippen molar-refractivity contribution in [2.45, 2.75) is 19.4 Å². The molecule has 4 nitrogen and oxygen atoms in total. The van der Waals surface area contributed by atoms with E-state index < -0.39 is 0 Å². The zero-order chi connectivity index (χ0) is 23.3. The van der Waals surface area contributed by atoms with Crippen molar-refractivity contribution in [1.29, 1.82) is 0 Å². The number of aromatic nitrogens is 2. The van der Waals surface area contributed by atoms with Gasteiger partial charge in [0.25, 0.3) is 0 Å². The smallest absolute Gasteiger partial charge is 0.228 e. The second kappa shape index (κ2) is 10.0. The van der Waals surface area contributed by atoms with Gasteiger partial charge in [0.05, 0.1) is 12.1 Å². The summed E-state index contributed by atoms with van der Waals surface area (Å²) in [6.07, 6.45) is 3.02. The second-order valence-electron chi connectivity index (χ2n) is 8.23. The van der Waals surface area contributed by atoms with Gasteiger partial charge in [-0.25, -0.2) is 9.37 Å². The summed E-state index contributed by atoms with van der Waals surface area (Å²) in [6.45, 7) is 1.22. The minimum atomic E-state index is -0.273. The van der Waals surface area contributed by atoms with Gasteiger partial charge in [0.1, 0.15) is 5.82 Å². The van der Waals surface area contributed by atoms with Crippen molar-refractivity contribution in [3.05, 3.63) is 119 Å². The average Bonchev–Trinajstić information content (AvgIpc) is 3.45. The Morgan fingerprint density at radius 1 is 0.912 bits per heavy atom. The molecule has 0 saturated carbocycles. The van der Waals surface area contributed by atoms with Crippen LogP contribution in [-0.4, -0.2) is 26.7 Å². The van der Waals surface area contributed by atoms with E-state index in [1.54, 1.807) is 12.1 Å². The molecule has 0 aliphatic carbocycles. The fourth-order valence-corrected chi connectivity index (χ4v) is 4.86. The largest absolute Gasteiger partial charge is 0.338 e. The van der Waals surface area contributed by atoms with Crippen LogP contribution in [0.15, 0.2) is 96.5 Å². The molecular formula is C28H24FN3OS. The van der Waals surface area contributed by atoms with E-state index in [0.29, 0.717) is 19.5 Å². The number of fused-ring (bicyclic) bond motifs is 1. The maximum absolute atomic E-state index is 13.4. The van der Waals surface area contributed by atoms with Crippen molar-refractivity contribution >= 4 is 22.2 Å². The van der Waals surface area contributed by atoms with Gasteiger partial charge in [-0.1, -0.05) is 60.7 Å². The third kappa shape index (κ3) is 5.07. The van der Waals surface area contributed by atoms with Gasteiger partial charge in [-0.15, -0.1) is 11.3 Å². The molecule has 5 rings (SSSR count). The van der Waals surface area contributed by atoms with E-state index in [1.165, 1.54) is 29.0 Å². The van der Waals surface area contributed by atoms with Gasteiger partial charge in [-0.05, 0) is 41.8 Å². The molecular weight excluding hydrogens is 445 g/mol. The van der Waals surface area contributed by atoms with E-state index in [9.17, 15) is 9.18 Å². The van der Waals surface area contributed by atoms with Crippen molar-refractivity contribution in [1.82, 2.24) is 14.3 Å². The van der Waals surface area contributed by atoms with Crippen LogP contribution in [0.1, 0.15) is 16.8 Å². The van der Waals surface area contributed by atoms with Crippen molar-refractivity contribution in [3.8, 4) is 11.3 Å². The third-order valence-corrected chi connectivity index (χ3v) is 6.73. The summed E-state index contributed by atoms with van der Waals surface area (Å²) in [5.74, 6) is -0.193. The number of nitrogens with zero attached hydrogens (tertiary/aromatic N) is 3. The molecule has 0 aliphatic heterocycles. The maximum atomic E-state index is 13.4. The van der Waals surface area contributed by atoms with E-state index in [0.717, 1.165) is 33.9 Å². The van der Waals surface area contributed by atoms with Gasteiger partial charge in [0.15, 0.2) is 4.96 Å². The molecule has 0 unspecified atom stereocenters. The number of amides is 1. The fourth-order valence-electron chi connectivity index (χ4n) is 3.99. The molecule has 3 aromatic carbocycles. The molecule has 0 spiro atoms. The van der Waals surface area contributed by atoms with Crippen molar-refractivity contribution < 1.29 is 9.18 Å². The molecule has 0 fully saturated rings. The standard InChI is InChI=1S/C28H24FN3OS/c29-24-13-11-23(12-14-24)26-19-32-25(20-34-28(32)30-26)17-27(33)31(18-22-9-5-2-6-10-22)16-15-21-7-3-1-4-8-21/h1-14,19-20H,15-18H2. The first-order valence-corrected chi connectivity index (χ1v) is 12.1. The highest BCUT2D eigenvalue weighted by molar-refractivity contribution is 7.15. The van der Waals surface area contributed by atoms with E-state index in [4.69, 9.17) is 0 Å². The Hall–Kier alpha value is -3.77. The Morgan fingerprint density at radius 3 is 2.29 bits per heavy atom. The lowest BCUT2D eigenvalue weighted by Gasteiger charge is -2.23. The first-order chi connectivity index (χ1) is 16.7. The summed E-state index contributed by atoms with van der Waals surface area (Å²) < 4.78 is 15.3. The molecule has 0 N–H and O–H groups in total. The highest BCUT2D eigenvalue weighted by Crippen LogP contribution is 2.24. The fraction of sp³-hybridized carbons (Fsp3) is 0.143. The minimum Gasteiger partial charge on any atom is -0.338 e. The number of imidazole rings is 1. The van der Waals surface area contributed by atoms with E-state index in [-0.39, 0.29) is 11.7 Å². The summed E-state index contributed by atoms with van der Waals surface area (Å²) in [5.41, 5.74) is 4.85. The average molecular weight is 470 g/mol. The first-order valence-electron chi connectivity index (χ1n) is 11.2. The van der Waals surface area contributed by atoms with Gasteiger partial charge in [0, 0.05) is 35.9 Å². The van der Waals surface area contributed by atoms with Crippen LogP contribution in [0.25, 0.3) is 16.2 Å². The SMILES string of the molecule is O=C(Cc1csc2nc(-c3ccc(F)cc3)cn12)N(CCc1ccccc1)Cc1ccccc1. The first kappa shape index (κ1) is 22.0. The molecule has 2 aromatic heterocycles. The second-order valence-corrected chi connectivity index (χ2v) is 9.06.